The van der Waals surface area contributed by atoms with Gasteiger partial charge in [0.15, 0.2) is 0 Å². The van der Waals surface area contributed by atoms with Gasteiger partial charge < -0.3 is 0 Å². The SMILES string of the molecule is CCc1nnn2c1Cn1c3ccccc3c(=O)n1[C@@H](C)C2. The molecular formula is C15H17N5O. The van der Waals surface area contributed by atoms with Gasteiger partial charge in [0.2, 0.25) is 0 Å². The standard InChI is InChI=1S/C15H17N5O/c1-3-12-14-9-19-13-7-5-4-6-11(13)15(21)20(19)10(2)8-18(14)17-16-12/h4-7,10H,3,8-9H2,1-2H3/t10-/m0/s1. The van der Waals surface area contributed by atoms with E-state index in [-0.39, 0.29) is 11.6 Å². The number of hydrogen-bond acceptors (Lipinski definition) is 3. The summed E-state index contributed by atoms with van der Waals surface area (Å²) in [5.41, 5.74) is 3.18. The van der Waals surface area contributed by atoms with Crippen LogP contribution in [-0.4, -0.2) is 24.4 Å². The Morgan fingerprint density at radius 1 is 1.33 bits per heavy atom. The fraction of sp³-hybridized carbons (Fsp3) is 0.400. The maximum Gasteiger partial charge on any atom is 0.274 e. The normalized spacial score (nSPS) is 17.5. The van der Waals surface area contributed by atoms with Crippen LogP contribution in [0.2, 0.25) is 0 Å². The van der Waals surface area contributed by atoms with Gasteiger partial charge in [0.25, 0.3) is 5.56 Å². The highest BCUT2D eigenvalue weighted by Crippen LogP contribution is 2.22. The van der Waals surface area contributed by atoms with Crippen molar-refractivity contribution in [1.82, 2.24) is 24.4 Å². The van der Waals surface area contributed by atoms with E-state index in [1.165, 1.54) is 0 Å². The molecule has 0 radical (unpaired) electrons. The molecule has 2 aromatic heterocycles. The predicted octanol–water partition coefficient (Wildman–Crippen LogP) is 1.58. The number of fused-ring (bicyclic) bond motifs is 4. The van der Waals surface area contributed by atoms with E-state index in [0.717, 1.165) is 28.7 Å². The smallest absolute Gasteiger partial charge is 0.274 e. The summed E-state index contributed by atoms with van der Waals surface area (Å²) in [7, 11) is 0. The average Bonchev–Trinajstić information content (AvgIpc) is 2.95. The minimum atomic E-state index is 0.0533. The van der Waals surface area contributed by atoms with Crippen molar-refractivity contribution in [2.75, 3.05) is 0 Å². The van der Waals surface area contributed by atoms with E-state index in [2.05, 4.69) is 28.8 Å². The van der Waals surface area contributed by atoms with Crippen LogP contribution < -0.4 is 5.56 Å². The quantitative estimate of drug-likeness (QED) is 0.681. The van der Waals surface area contributed by atoms with Crippen LogP contribution >= 0.6 is 0 Å². The van der Waals surface area contributed by atoms with Crippen molar-refractivity contribution >= 4 is 10.9 Å². The Morgan fingerprint density at radius 3 is 2.95 bits per heavy atom. The summed E-state index contributed by atoms with van der Waals surface area (Å²) in [6.45, 7) is 5.46. The number of nitrogens with zero attached hydrogens (tertiary/aromatic N) is 5. The van der Waals surface area contributed by atoms with Gasteiger partial charge >= 0.3 is 0 Å². The van der Waals surface area contributed by atoms with Crippen molar-refractivity contribution in [1.29, 1.82) is 0 Å². The second kappa shape index (κ2) is 4.31. The topological polar surface area (TPSA) is 57.6 Å². The minimum Gasteiger partial charge on any atom is -0.276 e. The average molecular weight is 283 g/mol. The van der Waals surface area contributed by atoms with Gasteiger partial charge in [-0.1, -0.05) is 24.3 Å². The molecule has 6 nitrogen and oxygen atoms in total. The molecule has 1 aliphatic heterocycles. The first kappa shape index (κ1) is 12.4. The second-order valence-corrected chi connectivity index (χ2v) is 5.59. The number of hydrogen-bond donors (Lipinski definition) is 0. The molecule has 1 aromatic carbocycles. The van der Waals surface area contributed by atoms with E-state index in [1.54, 1.807) is 0 Å². The number of aryl methyl sites for hydroxylation is 1. The Kier molecular flexibility index (Phi) is 2.54. The van der Waals surface area contributed by atoms with Crippen LogP contribution in [0.3, 0.4) is 0 Å². The Labute approximate surface area is 121 Å². The molecule has 0 spiro atoms. The maximum atomic E-state index is 12.7. The Balaban J connectivity index is 2.03. The van der Waals surface area contributed by atoms with E-state index in [4.69, 9.17) is 0 Å². The number of rotatable bonds is 1. The largest absolute Gasteiger partial charge is 0.276 e. The van der Waals surface area contributed by atoms with Gasteiger partial charge in [-0.15, -0.1) is 5.10 Å². The lowest BCUT2D eigenvalue weighted by atomic mass is 10.2. The predicted molar refractivity (Wildman–Crippen MR) is 79.4 cm³/mol. The summed E-state index contributed by atoms with van der Waals surface area (Å²) in [5, 5.41) is 9.29. The molecular weight excluding hydrogens is 266 g/mol. The van der Waals surface area contributed by atoms with E-state index < -0.39 is 0 Å². The van der Waals surface area contributed by atoms with Crippen molar-refractivity contribution in [3.05, 3.63) is 46.0 Å². The summed E-state index contributed by atoms with van der Waals surface area (Å²) in [6.07, 6.45) is 0.854. The van der Waals surface area contributed by atoms with Crippen molar-refractivity contribution in [2.24, 2.45) is 0 Å². The fourth-order valence-electron chi connectivity index (χ4n) is 3.26. The third kappa shape index (κ3) is 1.62. The van der Waals surface area contributed by atoms with Gasteiger partial charge in [-0.3, -0.25) is 9.48 Å². The molecule has 0 bridgehead atoms. The molecule has 0 unspecified atom stereocenters. The maximum absolute atomic E-state index is 12.7. The van der Waals surface area contributed by atoms with Crippen LogP contribution in [0.15, 0.2) is 29.1 Å². The van der Waals surface area contributed by atoms with Gasteiger partial charge in [0.1, 0.15) is 0 Å². The first-order chi connectivity index (χ1) is 10.2. The molecule has 0 aliphatic carbocycles. The summed E-state index contributed by atoms with van der Waals surface area (Å²) in [6, 6.07) is 7.84. The van der Waals surface area contributed by atoms with Crippen LogP contribution in [0.5, 0.6) is 0 Å². The van der Waals surface area contributed by atoms with Crippen molar-refractivity contribution in [3.8, 4) is 0 Å². The summed E-state index contributed by atoms with van der Waals surface area (Å²) in [5.74, 6) is 0. The summed E-state index contributed by atoms with van der Waals surface area (Å²) < 4.78 is 5.88. The van der Waals surface area contributed by atoms with E-state index >= 15 is 0 Å². The van der Waals surface area contributed by atoms with E-state index in [9.17, 15) is 4.79 Å². The zero-order valence-corrected chi connectivity index (χ0v) is 12.2. The molecule has 1 aliphatic rings. The van der Waals surface area contributed by atoms with Gasteiger partial charge in [-0.25, -0.2) is 9.36 Å². The molecule has 108 valence electrons. The summed E-state index contributed by atoms with van der Waals surface area (Å²) >= 11 is 0. The lowest BCUT2D eigenvalue weighted by Gasteiger charge is -2.13. The summed E-state index contributed by atoms with van der Waals surface area (Å²) in [4.78, 5) is 12.7. The fourth-order valence-corrected chi connectivity index (χ4v) is 3.26. The molecule has 0 N–H and O–H groups in total. The van der Waals surface area contributed by atoms with Gasteiger partial charge in [-0.05, 0) is 25.5 Å². The molecule has 6 heteroatoms. The zero-order chi connectivity index (χ0) is 14.6. The highest BCUT2D eigenvalue weighted by atomic mass is 16.1. The molecule has 0 saturated heterocycles. The van der Waals surface area contributed by atoms with Crippen molar-refractivity contribution in [3.63, 3.8) is 0 Å². The van der Waals surface area contributed by atoms with Crippen LogP contribution in [-0.2, 0) is 19.5 Å². The third-order valence-electron chi connectivity index (χ3n) is 4.29. The molecule has 0 fully saturated rings. The van der Waals surface area contributed by atoms with E-state index in [0.29, 0.717) is 13.1 Å². The van der Waals surface area contributed by atoms with Gasteiger partial charge in [0, 0.05) is 0 Å². The Bertz CT molecular complexity index is 885. The van der Waals surface area contributed by atoms with Gasteiger partial charge in [-0.2, -0.15) is 0 Å². The third-order valence-corrected chi connectivity index (χ3v) is 4.29. The molecule has 1 atom stereocenters. The monoisotopic (exact) mass is 283 g/mol. The lowest BCUT2D eigenvalue weighted by Crippen LogP contribution is -2.26. The van der Waals surface area contributed by atoms with Gasteiger partial charge in [0.05, 0.1) is 41.4 Å². The minimum absolute atomic E-state index is 0.0533. The highest BCUT2D eigenvalue weighted by Gasteiger charge is 2.25. The first-order valence-electron chi connectivity index (χ1n) is 7.32. The molecule has 0 saturated carbocycles. The van der Waals surface area contributed by atoms with Crippen molar-refractivity contribution in [2.45, 2.75) is 39.4 Å². The number of benzene rings is 1. The number of para-hydroxylation sites is 1. The van der Waals surface area contributed by atoms with Crippen LogP contribution in [0.25, 0.3) is 10.9 Å². The zero-order valence-electron chi connectivity index (χ0n) is 12.2. The molecule has 3 heterocycles. The van der Waals surface area contributed by atoms with Crippen LogP contribution in [0, 0.1) is 0 Å². The van der Waals surface area contributed by atoms with Crippen molar-refractivity contribution < 1.29 is 0 Å². The molecule has 3 aromatic rings. The molecule has 21 heavy (non-hydrogen) atoms. The molecule has 0 amide bonds. The Morgan fingerprint density at radius 2 is 2.14 bits per heavy atom. The second-order valence-electron chi connectivity index (χ2n) is 5.59. The van der Waals surface area contributed by atoms with Crippen LogP contribution in [0.4, 0.5) is 0 Å². The molecule has 4 rings (SSSR count). The van der Waals surface area contributed by atoms with E-state index in [1.807, 2.05) is 33.6 Å². The lowest BCUT2D eigenvalue weighted by molar-refractivity contribution is 0.376. The Hall–Kier alpha value is -2.37. The first-order valence-corrected chi connectivity index (χ1v) is 7.32. The van der Waals surface area contributed by atoms with Crippen LogP contribution in [0.1, 0.15) is 31.3 Å². The highest BCUT2D eigenvalue weighted by molar-refractivity contribution is 5.78. The number of aromatic nitrogens is 5.